The average molecular weight is 319 g/mol. The molecule has 0 amide bonds. The molecule has 6 nitrogen and oxygen atoms in total. The van der Waals surface area contributed by atoms with E-state index in [0.29, 0.717) is 0 Å². The molecule has 1 aliphatic rings. The van der Waals surface area contributed by atoms with Gasteiger partial charge in [0.2, 0.25) is 10.0 Å². The fourth-order valence-corrected chi connectivity index (χ4v) is 4.29. The van der Waals surface area contributed by atoms with Gasteiger partial charge in [0.05, 0.1) is 9.95 Å². The molecule has 2 atom stereocenters. The van der Waals surface area contributed by atoms with Crippen LogP contribution in [0.15, 0.2) is 23.1 Å². The van der Waals surface area contributed by atoms with Crippen molar-refractivity contribution in [1.29, 1.82) is 0 Å². The van der Waals surface area contributed by atoms with Gasteiger partial charge in [-0.3, -0.25) is 10.1 Å². The second kappa shape index (κ2) is 5.67. The average Bonchev–Trinajstić information content (AvgIpc) is 2.74. The number of sulfonamides is 1. The Morgan fingerprint density at radius 2 is 2.10 bits per heavy atom. The van der Waals surface area contributed by atoms with Gasteiger partial charge >= 0.3 is 0 Å². The molecule has 1 saturated carbocycles. The Kier molecular flexibility index (Phi) is 4.31. The van der Waals surface area contributed by atoms with Crippen molar-refractivity contribution < 1.29 is 13.3 Å². The van der Waals surface area contributed by atoms with Crippen LogP contribution in [0.25, 0.3) is 0 Å². The van der Waals surface area contributed by atoms with Gasteiger partial charge in [-0.2, -0.15) is 0 Å². The van der Waals surface area contributed by atoms with E-state index in [2.05, 4.69) is 4.72 Å². The fraction of sp³-hybridized carbons (Fsp3) is 0.500. The third kappa shape index (κ3) is 3.11. The van der Waals surface area contributed by atoms with E-state index in [1.54, 1.807) is 0 Å². The first-order valence-electron chi connectivity index (χ1n) is 6.27. The maximum absolute atomic E-state index is 12.3. The van der Waals surface area contributed by atoms with Crippen LogP contribution in [0.1, 0.15) is 26.2 Å². The molecule has 1 aromatic carbocycles. The molecule has 1 aliphatic carbocycles. The van der Waals surface area contributed by atoms with Crippen LogP contribution in [0.2, 0.25) is 5.02 Å². The smallest absolute Gasteiger partial charge is 0.258 e. The maximum Gasteiger partial charge on any atom is 0.270 e. The second-order valence-corrected chi connectivity index (χ2v) is 7.10. The van der Waals surface area contributed by atoms with Gasteiger partial charge in [-0.05, 0) is 24.8 Å². The van der Waals surface area contributed by atoms with E-state index >= 15 is 0 Å². The van der Waals surface area contributed by atoms with Crippen LogP contribution in [-0.4, -0.2) is 19.4 Å². The number of nitrogens with zero attached hydrogens (tertiary/aromatic N) is 1. The highest BCUT2D eigenvalue weighted by Gasteiger charge is 2.30. The van der Waals surface area contributed by atoms with Gasteiger partial charge in [0, 0.05) is 18.2 Å². The van der Waals surface area contributed by atoms with Gasteiger partial charge in [-0.25, -0.2) is 13.1 Å². The number of nitro groups is 1. The third-order valence-corrected chi connectivity index (χ3v) is 5.55. The lowest BCUT2D eigenvalue weighted by atomic mass is 10.1. The van der Waals surface area contributed by atoms with Gasteiger partial charge in [-0.15, -0.1) is 0 Å². The van der Waals surface area contributed by atoms with Crippen LogP contribution >= 0.6 is 11.6 Å². The number of hydrogen-bond donors (Lipinski definition) is 1. The summed E-state index contributed by atoms with van der Waals surface area (Å²) in [5.41, 5.74) is -0.297. The number of halogens is 1. The maximum atomic E-state index is 12.3. The molecule has 110 valence electrons. The minimum Gasteiger partial charge on any atom is -0.258 e. The predicted octanol–water partition coefficient (Wildman–Crippen LogP) is 2.72. The fourth-order valence-electron chi connectivity index (χ4n) is 2.39. The Morgan fingerprint density at radius 1 is 1.40 bits per heavy atom. The van der Waals surface area contributed by atoms with Crippen LogP contribution < -0.4 is 4.72 Å². The quantitative estimate of drug-likeness (QED) is 0.682. The van der Waals surface area contributed by atoms with Crippen molar-refractivity contribution in [3.8, 4) is 0 Å². The number of hydrogen-bond acceptors (Lipinski definition) is 4. The molecule has 20 heavy (non-hydrogen) atoms. The Labute approximate surface area is 122 Å². The summed E-state index contributed by atoms with van der Waals surface area (Å²) in [6, 6.07) is 3.26. The normalized spacial score (nSPS) is 22.9. The summed E-state index contributed by atoms with van der Waals surface area (Å²) >= 11 is 5.87. The van der Waals surface area contributed by atoms with Crippen molar-refractivity contribution in [2.75, 3.05) is 0 Å². The third-order valence-electron chi connectivity index (χ3n) is 3.58. The molecule has 0 saturated heterocycles. The van der Waals surface area contributed by atoms with E-state index < -0.39 is 14.9 Å². The number of non-ortho nitro benzene ring substituents is 1. The Bertz CT molecular complexity index is 632. The molecule has 0 aliphatic heterocycles. The van der Waals surface area contributed by atoms with Crippen molar-refractivity contribution in [2.45, 2.75) is 37.1 Å². The largest absolute Gasteiger partial charge is 0.270 e. The molecule has 0 radical (unpaired) electrons. The predicted molar refractivity (Wildman–Crippen MR) is 75.2 cm³/mol. The Balaban J connectivity index is 2.33. The van der Waals surface area contributed by atoms with E-state index in [9.17, 15) is 18.5 Å². The first-order chi connectivity index (χ1) is 9.31. The molecule has 0 heterocycles. The number of benzene rings is 1. The zero-order chi connectivity index (χ0) is 14.9. The van der Waals surface area contributed by atoms with Crippen molar-refractivity contribution >= 4 is 27.3 Å². The molecule has 8 heteroatoms. The topological polar surface area (TPSA) is 89.3 Å². The van der Waals surface area contributed by atoms with E-state index in [1.807, 2.05) is 6.92 Å². The number of nitro benzene ring substituents is 1. The van der Waals surface area contributed by atoms with Gasteiger partial charge in [0.1, 0.15) is 4.90 Å². The summed E-state index contributed by atoms with van der Waals surface area (Å²) in [6.45, 7) is 1.98. The molecule has 0 bridgehead atoms. The SMILES string of the molecule is CC1CCCC1NS(=O)(=O)c1cc([N+](=O)[O-])ccc1Cl. The van der Waals surface area contributed by atoms with Gasteiger partial charge < -0.3 is 0 Å². The van der Waals surface area contributed by atoms with E-state index in [4.69, 9.17) is 11.6 Å². The van der Waals surface area contributed by atoms with Gasteiger partial charge in [-0.1, -0.05) is 24.9 Å². The minimum absolute atomic E-state index is 0.0197. The van der Waals surface area contributed by atoms with E-state index in [0.717, 1.165) is 25.3 Å². The van der Waals surface area contributed by atoms with Crippen molar-refractivity contribution in [3.63, 3.8) is 0 Å². The van der Waals surface area contributed by atoms with Gasteiger partial charge in [0.15, 0.2) is 0 Å². The van der Waals surface area contributed by atoms with Crippen molar-refractivity contribution in [2.24, 2.45) is 5.92 Å². The molecule has 1 aromatic rings. The van der Waals surface area contributed by atoms with E-state index in [1.165, 1.54) is 12.1 Å². The second-order valence-electron chi connectivity index (χ2n) is 5.01. The molecule has 1 N–H and O–H groups in total. The highest BCUT2D eigenvalue weighted by atomic mass is 35.5. The van der Waals surface area contributed by atoms with Gasteiger partial charge in [0.25, 0.3) is 5.69 Å². The van der Waals surface area contributed by atoms with E-state index in [-0.39, 0.29) is 27.6 Å². The Hall–Kier alpha value is -1.18. The zero-order valence-electron chi connectivity index (χ0n) is 10.9. The monoisotopic (exact) mass is 318 g/mol. The summed E-state index contributed by atoms with van der Waals surface area (Å²) in [7, 11) is -3.85. The molecule has 1 fully saturated rings. The summed E-state index contributed by atoms with van der Waals surface area (Å²) in [5.74, 6) is 0.252. The highest BCUT2D eigenvalue weighted by molar-refractivity contribution is 7.89. The number of rotatable bonds is 4. The molecular formula is C12H15ClN2O4S. The minimum atomic E-state index is -3.85. The van der Waals surface area contributed by atoms with Crippen molar-refractivity contribution in [1.82, 2.24) is 4.72 Å². The summed E-state index contributed by atoms with van der Waals surface area (Å²) in [4.78, 5) is 9.85. The summed E-state index contributed by atoms with van der Waals surface area (Å²) in [5, 5.41) is 10.7. The molecule has 2 unspecified atom stereocenters. The summed E-state index contributed by atoms with van der Waals surface area (Å²) < 4.78 is 27.2. The standard InChI is InChI=1S/C12H15ClN2O4S/c1-8-3-2-4-11(8)14-20(18,19)12-7-9(15(16)17)5-6-10(12)13/h5-8,11,14H,2-4H2,1H3. The summed E-state index contributed by atoms with van der Waals surface area (Å²) in [6.07, 6.45) is 2.71. The first-order valence-corrected chi connectivity index (χ1v) is 8.13. The first kappa shape index (κ1) is 15.2. The molecule has 2 rings (SSSR count). The lowest BCUT2D eigenvalue weighted by Crippen LogP contribution is -2.36. The lowest BCUT2D eigenvalue weighted by molar-refractivity contribution is -0.385. The van der Waals surface area contributed by atoms with Crippen LogP contribution in [-0.2, 0) is 10.0 Å². The molecule has 0 aromatic heterocycles. The molecular weight excluding hydrogens is 304 g/mol. The Morgan fingerprint density at radius 3 is 2.65 bits per heavy atom. The highest BCUT2D eigenvalue weighted by Crippen LogP contribution is 2.29. The molecule has 0 spiro atoms. The zero-order valence-corrected chi connectivity index (χ0v) is 12.4. The van der Waals surface area contributed by atoms with Crippen LogP contribution in [0.4, 0.5) is 5.69 Å². The van der Waals surface area contributed by atoms with Crippen LogP contribution in [0, 0.1) is 16.0 Å². The van der Waals surface area contributed by atoms with Crippen molar-refractivity contribution in [3.05, 3.63) is 33.3 Å². The number of nitrogens with one attached hydrogen (secondary N) is 1. The van der Waals surface area contributed by atoms with Crippen LogP contribution in [0.3, 0.4) is 0 Å². The lowest BCUT2D eigenvalue weighted by Gasteiger charge is -2.17. The van der Waals surface area contributed by atoms with Crippen LogP contribution in [0.5, 0.6) is 0 Å².